The van der Waals surface area contributed by atoms with Gasteiger partial charge >= 0.3 is 0 Å². The van der Waals surface area contributed by atoms with Crippen LogP contribution in [0.5, 0.6) is 0 Å². The van der Waals surface area contributed by atoms with Gasteiger partial charge in [-0.25, -0.2) is 4.39 Å². The lowest BCUT2D eigenvalue weighted by Gasteiger charge is -2.16. The van der Waals surface area contributed by atoms with E-state index < -0.39 is 6.10 Å². The van der Waals surface area contributed by atoms with Gasteiger partial charge in [-0.05, 0) is 34.9 Å². The minimum Gasteiger partial charge on any atom is -0.390 e. The summed E-state index contributed by atoms with van der Waals surface area (Å²) in [6.45, 7) is 0. The molecule has 2 unspecified atom stereocenters. The topological polar surface area (TPSA) is 49.3 Å². The van der Waals surface area contributed by atoms with Crippen molar-refractivity contribution in [1.29, 1.82) is 0 Å². The van der Waals surface area contributed by atoms with E-state index in [0.29, 0.717) is 6.42 Å². The maximum absolute atomic E-state index is 12.8. The molecule has 2 aromatic rings. The van der Waals surface area contributed by atoms with Crippen LogP contribution in [0.3, 0.4) is 0 Å². The van der Waals surface area contributed by atoms with Crippen LogP contribution in [0.2, 0.25) is 0 Å². The maximum Gasteiger partial charge on any atom is 0.244 e. The zero-order chi connectivity index (χ0) is 15.5. The number of carbonyl (C=O) groups excluding carboxylic acids is 1. The Bertz CT molecular complexity index is 709. The molecule has 0 radical (unpaired) electrons. The van der Waals surface area contributed by atoms with Gasteiger partial charge in [0.25, 0.3) is 0 Å². The molecule has 3 nitrogen and oxygen atoms in total. The average Bonchev–Trinajstić information content (AvgIpc) is 2.83. The molecule has 112 valence electrons. The Labute approximate surface area is 128 Å². The summed E-state index contributed by atoms with van der Waals surface area (Å²) in [7, 11) is 0. The number of aliphatic hydroxyl groups is 1. The Kier molecular flexibility index (Phi) is 4.02. The third-order valence-electron chi connectivity index (χ3n) is 3.80. The van der Waals surface area contributed by atoms with Gasteiger partial charge in [0.05, 0.1) is 12.1 Å². The van der Waals surface area contributed by atoms with Crippen molar-refractivity contribution >= 4 is 12.0 Å². The number of hydrogen-bond donors (Lipinski definition) is 2. The summed E-state index contributed by atoms with van der Waals surface area (Å²) in [5.74, 6) is -0.600. The summed E-state index contributed by atoms with van der Waals surface area (Å²) >= 11 is 0. The standard InChI is InChI=1S/C18H16FNO2/c19-14-8-5-12(6-9-14)7-10-17(22)20-18-15-4-2-1-3-13(15)11-16(18)21/h1-10,16,18,21H,11H2,(H,20,22)/b10-7+. The van der Waals surface area contributed by atoms with Gasteiger partial charge in [-0.3, -0.25) is 4.79 Å². The number of carbonyl (C=O) groups is 1. The number of fused-ring (bicyclic) bond motifs is 1. The first-order valence-electron chi connectivity index (χ1n) is 7.13. The number of nitrogens with one attached hydrogen (secondary N) is 1. The quantitative estimate of drug-likeness (QED) is 0.856. The van der Waals surface area contributed by atoms with Crippen molar-refractivity contribution in [2.24, 2.45) is 0 Å². The predicted octanol–water partition coefficient (Wildman–Crippen LogP) is 2.61. The fraction of sp³-hybridized carbons (Fsp3) is 0.167. The fourth-order valence-electron chi connectivity index (χ4n) is 2.70. The van der Waals surface area contributed by atoms with Gasteiger partial charge in [0.2, 0.25) is 5.91 Å². The molecule has 2 N–H and O–H groups in total. The van der Waals surface area contributed by atoms with Crippen molar-refractivity contribution in [3.8, 4) is 0 Å². The molecule has 1 amide bonds. The first kappa shape index (κ1) is 14.5. The largest absolute Gasteiger partial charge is 0.390 e. The molecular formula is C18H16FNO2. The Hall–Kier alpha value is -2.46. The van der Waals surface area contributed by atoms with E-state index in [0.717, 1.165) is 16.7 Å². The first-order valence-corrected chi connectivity index (χ1v) is 7.13. The molecule has 0 fully saturated rings. The van der Waals surface area contributed by atoms with Gasteiger partial charge < -0.3 is 10.4 Å². The lowest BCUT2D eigenvalue weighted by molar-refractivity contribution is -0.117. The highest BCUT2D eigenvalue weighted by Crippen LogP contribution is 2.31. The molecular weight excluding hydrogens is 281 g/mol. The van der Waals surface area contributed by atoms with Crippen molar-refractivity contribution in [3.63, 3.8) is 0 Å². The van der Waals surface area contributed by atoms with E-state index in [2.05, 4.69) is 5.32 Å². The van der Waals surface area contributed by atoms with Gasteiger partial charge in [-0.1, -0.05) is 36.4 Å². The summed E-state index contributed by atoms with van der Waals surface area (Å²) < 4.78 is 12.8. The summed E-state index contributed by atoms with van der Waals surface area (Å²) in [6, 6.07) is 13.2. The fourth-order valence-corrected chi connectivity index (χ4v) is 2.70. The number of amides is 1. The summed E-state index contributed by atoms with van der Waals surface area (Å²) in [5.41, 5.74) is 2.75. The van der Waals surface area contributed by atoms with Crippen LogP contribution in [0, 0.1) is 5.82 Å². The SMILES string of the molecule is O=C(/C=C/c1ccc(F)cc1)NC1c2ccccc2CC1O. The predicted molar refractivity (Wildman–Crippen MR) is 82.5 cm³/mol. The highest BCUT2D eigenvalue weighted by molar-refractivity contribution is 5.92. The number of halogens is 1. The third-order valence-corrected chi connectivity index (χ3v) is 3.80. The van der Waals surface area contributed by atoms with Crippen LogP contribution >= 0.6 is 0 Å². The third kappa shape index (κ3) is 3.07. The van der Waals surface area contributed by atoms with Crippen LogP contribution < -0.4 is 5.32 Å². The van der Waals surface area contributed by atoms with E-state index in [1.54, 1.807) is 18.2 Å². The lowest BCUT2D eigenvalue weighted by atomic mass is 10.1. The van der Waals surface area contributed by atoms with Crippen LogP contribution in [-0.2, 0) is 11.2 Å². The smallest absolute Gasteiger partial charge is 0.244 e. The molecule has 22 heavy (non-hydrogen) atoms. The monoisotopic (exact) mass is 297 g/mol. The lowest BCUT2D eigenvalue weighted by Crippen LogP contribution is -2.32. The molecule has 0 aliphatic heterocycles. The number of benzene rings is 2. The van der Waals surface area contributed by atoms with Crippen LogP contribution in [0.4, 0.5) is 4.39 Å². The van der Waals surface area contributed by atoms with Crippen molar-refractivity contribution < 1.29 is 14.3 Å². The Balaban J connectivity index is 1.68. The van der Waals surface area contributed by atoms with Gasteiger partial charge in [0.1, 0.15) is 5.82 Å². The average molecular weight is 297 g/mol. The second-order valence-electron chi connectivity index (χ2n) is 5.34. The van der Waals surface area contributed by atoms with Crippen molar-refractivity contribution in [2.75, 3.05) is 0 Å². The number of hydrogen-bond acceptors (Lipinski definition) is 2. The van der Waals surface area contributed by atoms with Crippen molar-refractivity contribution in [1.82, 2.24) is 5.32 Å². The zero-order valence-corrected chi connectivity index (χ0v) is 11.9. The van der Waals surface area contributed by atoms with Crippen molar-refractivity contribution in [2.45, 2.75) is 18.6 Å². The van der Waals surface area contributed by atoms with Gasteiger partial charge in [-0.2, -0.15) is 0 Å². The summed E-state index contributed by atoms with van der Waals surface area (Å²) in [4.78, 5) is 12.0. The van der Waals surface area contributed by atoms with E-state index >= 15 is 0 Å². The molecule has 0 saturated carbocycles. The van der Waals surface area contributed by atoms with Crippen LogP contribution in [-0.4, -0.2) is 17.1 Å². The summed E-state index contributed by atoms with van der Waals surface area (Å²) in [5, 5.41) is 12.9. The number of aliphatic hydroxyl groups excluding tert-OH is 1. The van der Waals surface area contributed by atoms with E-state index in [9.17, 15) is 14.3 Å². The normalized spacial score (nSPS) is 20.1. The molecule has 2 atom stereocenters. The molecule has 1 aliphatic rings. The maximum atomic E-state index is 12.8. The zero-order valence-electron chi connectivity index (χ0n) is 11.9. The molecule has 3 rings (SSSR count). The highest BCUT2D eigenvalue weighted by atomic mass is 19.1. The van der Waals surface area contributed by atoms with E-state index in [1.165, 1.54) is 18.2 Å². The second kappa shape index (κ2) is 6.12. The van der Waals surface area contributed by atoms with Gasteiger partial charge in [-0.15, -0.1) is 0 Å². The van der Waals surface area contributed by atoms with Crippen LogP contribution in [0.25, 0.3) is 6.08 Å². The number of rotatable bonds is 3. The Morgan fingerprint density at radius 2 is 1.91 bits per heavy atom. The molecule has 0 aromatic heterocycles. The molecule has 4 heteroatoms. The van der Waals surface area contributed by atoms with Crippen LogP contribution in [0.15, 0.2) is 54.6 Å². The molecule has 2 aromatic carbocycles. The van der Waals surface area contributed by atoms with Crippen LogP contribution in [0.1, 0.15) is 22.7 Å². The minimum atomic E-state index is -0.611. The molecule has 0 heterocycles. The van der Waals surface area contributed by atoms with E-state index in [4.69, 9.17) is 0 Å². The first-order chi connectivity index (χ1) is 10.6. The Morgan fingerprint density at radius 1 is 1.18 bits per heavy atom. The minimum absolute atomic E-state index is 0.287. The van der Waals surface area contributed by atoms with E-state index in [1.807, 2.05) is 24.3 Å². The molecule has 1 aliphatic carbocycles. The molecule has 0 saturated heterocycles. The molecule has 0 spiro atoms. The Morgan fingerprint density at radius 3 is 2.68 bits per heavy atom. The van der Waals surface area contributed by atoms with Gasteiger partial charge in [0, 0.05) is 12.5 Å². The van der Waals surface area contributed by atoms with Crippen molar-refractivity contribution in [3.05, 3.63) is 77.1 Å². The molecule has 0 bridgehead atoms. The van der Waals surface area contributed by atoms with Gasteiger partial charge in [0.15, 0.2) is 0 Å². The highest BCUT2D eigenvalue weighted by Gasteiger charge is 2.31. The summed E-state index contributed by atoms with van der Waals surface area (Å²) in [6.07, 6.45) is 2.94. The van der Waals surface area contributed by atoms with E-state index in [-0.39, 0.29) is 17.8 Å². The second-order valence-corrected chi connectivity index (χ2v) is 5.34.